The van der Waals surface area contributed by atoms with Crippen molar-refractivity contribution in [2.75, 3.05) is 0 Å². The lowest BCUT2D eigenvalue weighted by molar-refractivity contribution is -0.389. The summed E-state index contributed by atoms with van der Waals surface area (Å²) in [4.78, 5) is 12.8. The van der Waals surface area contributed by atoms with Gasteiger partial charge in [0, 0.05) is 17.2 Å². The van der Waals surface area contributed by atoms with Gasteiger partial charge in [0.2, 0.25) is 5.15 Å². The summed E-state index contributed by atoms with van der Waals surface area (Å²) in [6.45, 7) is 1.33. The molecule has 14 heavy (non-hydrogen) atoms. The third-order valence-electron chi connectivity index (χ3n) is 1.66. The van der Waals surface area contributed by atoms with E-state index in [0.29, 0.717) is 0 Å². The molecule has 1 aromatic rings. The van der Waals surface area contributed by atoms with Crippen molar-refractivity contribution < 1.29 is 13.7 Å². The maximum atomic E-state index is 12.3. The quantitative estimate of drug-likeness (QED) is 0.439. The van der Waals surface area contributed by atoms with E-state index in [1.807, 2.05) is 0 Å². The average molecular weight is 223 g/mol. The van der Waals surface area contributed by atoms with Crippen molar-refractivity contribution in [2.24, 2.45) is 0 Å². The van der Waals surface area contributed by atoms with Gasteiger partial charge in [-0.1, -0.05) is 0 Å². The van der Waals surface area contributed by atoms with Gasteiger partial charge in [-0.3, -0.25) is 0 Å². The highest BCUT2D eigenvalue weighted by Crippen LogP contribution is 2.29. The third kappa shape index (κ3) is 1.95. The SMILES string of the molecule is Cc1c(C(F)F)cc([N+](=O)[O-])nc1Cl. The fourth-order valence-electron chi connectivity index (χ4n) is 0.903. The van der Waals surface area contributed by atoms with Crippen LogP contribution >= 0.6 is 11.6 Å². The van der Waals surface area contributed by atoms with E-state index < -0.39 is 22.7 Å². The Morgan fingerprint density at radius 2 is 2.21 bits per heavy atom. The summed E-state index contributed by atoms with van der Waals surface area (Å²) in [5.74, 6) is -0.670. The summed E-state index contributed by atoms with van der Waals surface area (Å²) in [6, 6.07) is 0.728. The molecule has 0 aliphatic carbocycles. The minimum atomic E-state index is -2.80. The first kappa shape index (κ1) is 10.8. The van der Waals surface area contributed by atoms with Crippen LogP contribution in [0, 0.1) is 17.0 Å². The van der Waals surface area contributed by atoms with Crippen LogP contribution in [0.2, 0.25) is 5.15 Å². The number of halogens is 3. The summed E-state index contributed by atoms with van der Waals surface area (Å²) in [6.07, 6.45) is -2.80. The van der Waals surface area contributed by atoms with Crippen molar-refractivity contribution in [3.05, 3.63) is 32.5 Å². The molecule has 0 amide bonds. The van der Waals surface area contributed by atoms with Crippen molar-refractivity contribution in [3.63, 3.8) is 0 Å². The van der Waals surface area contributed by atoms with Crippen molar-refractivity contribution in [1.29, 1.82) is 0 Å². The fourth-order valence-corrected chi connectivity index (χ4v) is 1.10. The van der Waals surface area contributed by atoms with Crippen molar-refractivity contribution in [3.8, 4) is 0 Å². The number of hydrogen-bond donors (Lipinski definition) is 0. The van der Waals surface area contributed by atoms with Gasteiger partial charge in [-0.05, 0) is 28.4 Å². The second kappa shape index (κ2) is 3.83. The molecular weight excluding hydrogens is 218 g/mol. The zero-order valence-electron chi connectivity index (χ0n) is 7.00. The second-order valence-electron chi connectivity index (χ2n) is 2.54. The minimum Gasteiger partial charge on any atom is -0.358 e. The Bertz CT molecular complexity index is 384. The molecule has 0 aliphatic heterocycles. The summed E-state index contributed by atoms with van der Waals surface area (Å²) in [5.41, 5.74) is -0.399. The Hall–Kier alpha value is -1.30. The Morgan fingerprint density at radius 1 is 1.64 bits per heavy atom. The van der Waals surface area contributed by atoms with Crippen LogP contribution in [-0.4, -0.2) is 9.91 Å². The molecule has 0 atom stereocenters. The number of hydrogen-bond acceptors (Lipinski definition) is 3. The van der Waals surface area contributed by atoms with E-state index in [9.17, 15) is 18.9 Å². The van der Waals surface area contributed by atoms with E-state index in [1.165, 1.54) is 6.92 Å². The molecule has 0 aromatic carbocycles. The lowest BCUT2D eigenvalue weighted by atomic mass is 10.1. The molecule has 0 radical (unpaired) electrons. The second-order valence-corrected chi connectivity index (χ2v) is 2.90. The number of pyridine rings is 1. The van der Waals surface area contributed by atoms with Gasteiger partial charge in [0.25, 0.3) is 6.43 Å². The van der Waals surface area contributed by atoms with Crippen LogP contribution in [0.5, 0.6) is 0 Å². The summed E-state index contributed by atoms with van der Waals surface area (Å²) in [7, 11) is 0. The molecule has 0 aliphatic rings. The highest BCUT2D eigenvalue weighted by molar-refractivity contribution is 6.30. The smallest absolute Gasteiger partial charge is 0.358 e. The summed E-state index contributed by atoms with van der Waals surface area (Å²) >= 11 is 5.46. The van der Waals surface area contributed by atoms with E-state index in [4.69, 9.17) is 11.6 Å². The van der Waals surface area contributed by atoms with E-state index in [2.05, 4.69) is 4.98 Å². The van der Waals surface area contributed by atoms with Crippen LogP contribution in [0.25, 0.3) is 0 Å². The number of nitro groups is 1. The monoisotopic (exact) mass is 222 g/mol. The highest BCUT2D eigenvalue weighted by atomic mass is 35.5. The molecule has 0 N–H and O–H groups in total. The fraction of sp³-hybridized carbons (Fsp3) is 0.286. The number of aromatic nitrogens is 1. The van der Waals surface area contributed by atoms with Gasteiger partial charge in [-0.15, -0.1) is 0 Å². The topological polar surface area (TPSA) is 56.0 Å². The lowest BCUT2D eigenvalue weighted by Crippen LogP contribution is -1.98. The van der Waals surface area contributed by atoms with Crippen molar-refractivity contribution in [1.82, 2.24) is 4.98 Å². The largest absolute Gasteiger partial charge is 0.365 e. The Morgan fingerprint density at radius 3 is 2.64 bits per heavy atom. The van der Waals surface area contributed by atoms with E-state index in [-0.39, 0.29) is 10.7 Å². The van der Waals surface area contributed by atoms with Gasteiger partial charge < -0.3 is 10.1 Å². The lowest BCUT2D eigenvalue weighted by Gasteiger charge is -2.03. The first-order chi connectivity index (χ1) is 6.43. The van der Waals surface area contributed by atoms with Crippen LogP contribution in [0.15, 0.2) is 6.07 Å². The van der Waals surface area contributed by atoms with Crippen molar-refractivity contribution >= 4 is 17.4 Å². The molecule has 1 aromatic heterocycles. The zero-order chi connectivity index (χ0) is 10.9. The molecule has 4 nitrogen and oxygen atoms in total. The van der Waals surface area contributed by atoms with Gasteiger partial charge >= 0.3 is 5.82 Å². The number of nitrogens with zero attached hydrogens (tertiary/aromatic N) is 2. The first-order valence-electron chi connectivity index (χ1n) is 3.53. The minimum absolute atomic E-state index is 0.0623. The van der Waals surface area contributed by atoms with Crippen LogP contribution in [0.1, 0.15) is 17.6 Å². The molecule has 1 heterocycles. The molecule has 0 saturated heterocycles. The van der Waals surface area contributed by atoms with E-state index in [0.717, 1.165) is 6.07 Å². The average Bonchev–Trinajstić information content (AvgIpc) is 2.08. The van der Waals surface area contributed by atoms with Crippen LogP contribution in [-0.2, 0) is 0 Å². The predicted molar refractivity (Wildman–Crippen MR) is 45.6 cm³/mol. The molecule has 76 valence electrons. The maximum absolute atomic E-state index is 12.3. The highest BCUT2D eigenvalue weighted by Gasteiger charge is 2.21. The normalized spacial score (nSPS) is 10.6. The van der Waals surface area contributed by atoms with Gasteiger partial charge in [0.05, 0.1) is 0 Å². The molecule has 7 heteroatoms. The summed E-state index contributed by atoms with van der Waals surface area (Å²) < 4.78 is 24.7. The van der Waals surface area contributed by atoms with Crippen LogP contribution in [0.4, 0.5) is 14.6 Å². The van der Waals surface area contributed by atoms with Gasteiger partial charge in [0.1, 0.15) is 0 Å². The number of alkyl halides is 2. The number of rotatable bonds is 2. The Labute approximate surface area is 82.7 Å². The molecule has 0 bridgehead atoms. The first-order valence-corrected chi connectivity index (χ1v) is 3.91. The summed E-state index contributed by atoms with van der Waals surface area (Å²) in [5, 5.41) is 10.0. The molecule has 0 fully saturated rings. The van der Waals surface area contributed by atoms with Crippen molar-refractivity contribution in [2.45, 2.75) is 13.3 Å². The van der Waals surface area contributed by atoms with Gasteiger partial charge in [0.15, 0.2) is 0 Å². The molecule has 0 unspecified atom stereocenters. The predicted octanol–water partition coefficient (Wildman–Crippen LogP) is 2.89. The third-order valence-corrected chi connectivity index (χ3v) is 2.03. The molecule has 0 saturated carbocycles. The standard InChI is InChI=1S/C7H5ClF2N2O2/c1-3-4(7(9)10)2-5(12(13)14)11-6(3)8/h2,7H,1H3. The van der Waals surface area contributed by atoms with Gasteiger partial charge in [-0.25, -0.2) is 8.78 Å². The Balaban J connectivity index is 3.35. The Kier molecular flexibility index (Phi) is 2.95. The van der Waals surface area contributed by atoms with Crippen LogP contribution in [0.3, 0.4) is 0 Å². The van der Waals surface area contributed by atoms with E-state index in [1.54, 1.807) is 0 Å². The van der Waals surface area contributed by atoms with Crippen LogP contribution < -0.4 is 0 Å². The molecule has 1 rings (SSSR count). The maximum Gasteiger partial charge on any atom is 0.365 e. The molecular formula is C7H5ClF2N2O2. The molecule has 0 spiro atoms. The zero-order valence-corrected chi connectivity index (χ0v) is 7.76. The van der Waals surface area contributed by atoms with E-state index >= 15 is 0 Å². The van der Waals surface area contributed by atoms with Gasteiger partial charge in [-0.2, -0.15) is 0 Å².